The molecule has 0 radical (unpaired) electrons. The van der Waals surface area contributed by atoms with Gasteiger partial charge in [-0.25, -0.2) is 4.68 Å². The monoisotopic (exact) mass is 387 g/mol. The number of benzene rings is 1. The van der Waals surface area contributed by atoms with Gasteiger partial charge >= 0.3 is 0 Å². The van der Waals surface area contributed by atoms with Gasteiger partial charge in [-0.05, 0) is 27.7 Å². The first kappa shape index (κ1) is 18.2. The van der Waals surface area contributed by atoms with Crippen LogP contribution in [0.3, 0.4) is 0 Å². The van der Waals surface area contributed by atoms with Gasteiger partial charge in [0.2, 0.25) is 0 Å². The highest BCUT2D eigenvalue weighted by Crippen LogP contribution is 2.44. The SMILES string of the molecule is CC1(C)O[C@H]2[C@@H](O1)[C@@H](Cn1cc(-c3ccccc3)nn1)O[C@@H]1OC(C)(C)O[C@@H]12. The van der Waals surface area contributed by atoms with Crippen LogP contribution in [-0.4, -0.2) is 57.3 Å². The molecule has 0 N–H and O–H groups in total. The van der Waals surface area contributed by atoms with Crippen molar-refractivity contribution in [1.82, 2.24) is 15.0 Å². The van der Waals surface area contributed by atoms with Crippen LogP contribution < -0.4 is 0 Å². The number of hydrogen-bond donors (Lipinski definition) is 0. The smallest absolute Gasteiger partial charge is 0.190 e. The lowest BCUT2D eigenvalue weighted by atomic mass is 9.99. The van der Waals surface area contributed by atoms with Crippen LogP contribution >= 0.6 is 0 Å². The molecule has 5 rings (SSSR count). The Bertz CT molecular complexity index is 853. The standard InChI is InChI=1S/C20H25N3O5/c1-19(2)25-15-14(24-18-17(16(15)26-19)27-20(3,4)28-18)11-23-10-13(21-22-23)12-8-6-5-7-9-12/h5-10,14-18H,11H2,1-4H3/t14-,15+,16+,17-,18-/m1/s1. The van der Waals surface area contributed by atoms with Crippen LogP contribution in [0.1, 0.15) is 27.7 Å². The predicted molar refractivity (Wildman–Crippen MR) is 98.0 cm³/mol. The minimum atomic E-state index is -0.724. The Morgan fingerprint density at radius 2 is 1.57 bits per heavy atom. The topological polar surface area (TPSA) is 76.9 Å². The van der Waals surface area contributed by atoms with E-state index in [2.05, 4.69) is 10.3 Å². The Kier molecular flexibility index (Phi) is 4.12. The molecule has 2 aromatic rings. The maximum Gasteiger partial charge on any atom is 0.190 e. The van der Waals surface area contributed by atoms with Crippen molar-refractivity contribution in [1.29, 1.82) is 0 Å². The van der Waals surface area contributed by atoms with E-state index in [0.29, 0.717) is 6.54 Å². The summed E-state index contributed by atoms with van der Waals surface area (Å²) in [5.74, 6) is -1.43. The summed E-state index contributed by atoms with van der Waals surface area (Å²) >= 11 is 0. The number of ether oxygens (including phenoxy) is 5. The molecule has 8 nitrogen and oxygen atoms in total. The zero-order valence-electron chi connectivity index (χ0n) is 16.4. The van der Waals surface area contributed by atoms with Gasteiger partial charge in [-0.2, -0.15) is 0 Å². The average Bonchev–Trinajstić information content (AvgIpc) is 3.30. The molecule has 3 saturated heterocycles. The van der Waals surface area contributed by atoms with Gasteiger partial charge in [0.05, 0.1) is 12.7 Å². The van der Waals surface area contributed by atoms with Gasteiger partial charge in [0, 0.05) is 5.56 Å². The van der Waals surface area contributed by atoms with Gasteiger partial charge in [-0.15, -0.1) is 5.10 Å². The zero-order valence-corrected chi connectivity index (χ0v) is 16.4. The lowest BCUT2D eigenvalue weighted by Crippen LogP contribution is -2.56. The molecule has 8 heteroatoms. The molecular weight excluding hydrogens is 362 g/mol. The summed E-state index contributed by atoms with van der Waals surface area (Å²) in [5.41, 5.74) is 1.84. The molecule has 4 heterocycles. The summed E-state index contributed by atoms with van der Waals surface area (Å²) in [4.78, 5) is 0. The minimum absolute atomic E-state index is 0.266. The summed E-state index contributed by atoms with van der Waals surface area (Å²) in [5, 5.41) is 8.55. The Morgan fingerprint density at radius 1 is 0.893 bits per heavy atom. The van der Waals surface area contributed by atoms with Crippen molar-refractivity contribution in [2.45, 2.75) is 76.5 Å². The van der Waals surface area contributed by atoms with Gasteiger partial charge in [0.1, 0.15) is 30.1 Å². The Balaban J connectivity index is 1.38. The van der Waals surface area contributed by atoms with Gasteiger partial charge in [-0.1, -0.05) is 35.5 Å². The minimum Gasteiger partial charge on any atom is -0.342 e. The number of fused-ring (bicyclic) bond motifs is 3. The van der Waals surface area contributed by atoms with Gasteiger partial charge < -0.3 is 23.7 Å². The normalized spacial score (nSPS) is 35.5. The quantitative estimate of drug-likeness (QED) is 0.800. The molecule has 0 unspecified atom stereocenters. The second-order valence-corrected chi connectivity index (χ2v) is 8.40. The largest absolute Gasteiger partial charge is 0.342 e. The van der Waals surface area contributed by atoms with E-state index in [0.717, 1.165) is 11.3 Å². The highest BCUT2D eigenvalue weighted by atomic mass is 16.9. The third-order valence-electron chi connectivity index (χ3n) is 5.23. The number of nitrogens with zero attached hydrogens (tertiary/aromatic N) is 3. The molecule has 1 aromatic heterocycles. The Labute approximate surface area is 163 Å². The van der Waals surface area contributed by atoms with Crippen molar-refractivity contribution in [2.24, 2.45) is 0 Å². The van der Waals surface area contributed by atoms with Crippen LogP contribution in [0.25, 0.3) is 11.3 Å². The molecule has 0 amide bonds. The average molecular weight is 387 g/mol. The predicted octanol–water partition coefficient (Wildman–Crippen LogP) is 2.34. The summed E-state index contributed by atoms with van der Waals surface area (Å²) < 4.78 is 32.3. The summed E-state index contributed by atoms with van der Waals surface area (Å²) in [6, 6.07) is 9.95. The first-order chi connectivity index (χ1) is 13.3. The lowest BCUT2D eigenvalue weighted by molar-refractivity contribution is -0.236. The third-order valence-corrected chi connectivity index (χ3v) is 5.23. The van der Waals surface area contributed by atoms with E-state index < -0.39 is 17.9 Å². The highest BCUT2D eigenvalue weighted by Gasteiger charge is 2.60. The second-order valence-electron chi connectivity index (χ2n) is 8.40. The van der Waals surface area contributed by atoms with E-state index >= 15 is 0 Å². The Morgan fingerprint density at radius 3 is 2.36 bits per heavy atom. The van der Waals surface area contributed by atoms with E-state index in [1.165, 1.54) is 0 Å². The Hall–Kier alpha value is -1.84. The van der Waals surface area contributed by atoms with Crippen molar-refractivity contribution in [3.8, 4) is 11.3 Å². The summed E-state index contributed by atoms with van der Waals surface area (Å²) in [7, 11) is 0. The third kappa shape index (κ3) is 3.25. The first-order valence-electron chi connectivity index (χ1n) is 9.62. The van der Waals surface area contributed by atoms with Gasteiger partial charge in [-0.3, -0.25) is 0 Å². The fourth-order valence-electron chi connectivity index (χ4n) is 4.15. The summed E-state index contributed by atoms with van der Waals surface area (Å²) in [6.45, 7) is 8.04. The molecular formula is C20H25N3O5. The fourth-order valence-corrected chi connectivity index (χ4v) is 4.15. The molecule has 0 saturated carbocycles. The van der Waals surface area contributed by atoms with Crippen molar-refractivity contribution in [3.63, 3.8) is 0 Å². The van der Waals surface area contributed by atoms with Crippen molar-refractivity contribution in [2.75, 3.05) is 0 Å². The van der Waals surface area contributed by atoms with Crippen LogP contribution in [0, 0.1) is 0 Å². The molecule has 0 spiro atoms. The van der Waals surface area contributed by atoms with Crippen LogP contribution in [0.5, 0.6) is 0 Å². The van der Waals surface area contributed by atoms with Gasteiger partial charge in [0.25, 0.3) is 0 Å². The number of rotatable bonds is 3. The van der Waals surface area contributed by atoms with Crippen LogP contribution in [0.15, 0.2) is 36.5 Å². The molecule has 1 aromatic carbocycles. The van der Waals surface area contributed by atoms with Crippen molar-refractivity contribution >= 4 is 0 Å². The lowest BCUT2D eigenvalue weighted by Gasteiger charge is -2.37. The van der Waals surface area contributed by atoms with E-state index in [4.69, 9.17) is 23.7 Å². The van der Waals surface area contributed by atoms with Crippen molar-refractivity contribution in [3.05, 3.63) is 36.5 Å². The molecule has 3 aliphatic rings. The van der Waals surface area contributed by atoms with Crippen LogP contribution in [0.2, 0.25) is 0 Å². The maximum absolute atomic E-state index is 6.23. The molecule has 3 aliphatic heterocycles. The zero-order chi connectivity index (χ0) is 19.5. The first-order valence-corrected chi connectivity index (χ1v) is 9.62. The number of aromatic nitrogens is 3. The summed E-state index contributed by atoms with van der Waals surface area (Å²) in [6.07, 6.45) is 0.243. The van der Waals surface area contributed by atoms with Crippen LogP contribution in [0.4, 0.5) is 0 Å². The fraction of sp³-hybridized carbons (Fsp3) is 0.600. The van der Waals surface area contributed by atoms with E-state index in [1.54, 1.807) is 4.68 Å². The molecule has 0 bridgehead atoms. The number of hydrogen-bond acceptors (Lipinski definition) is 7. The van der Waals surface area contributed by atoms with Gasteiger partial charge in [0.15, 0.2) is 17.9 Å². The van der Waals surface area contributed by atoms with E-state index in [1.807, 2.05) is 64.2 Å². The van der Waals surface area contributed by atoms with Crippen molar-refractivity contribution < 1.29 is 23.7 Å². The molecule has 0 aliphatic carbocycles. The highest BCUT2D eigenvalue weighted by molar-refractivity contribution is 5.57. The maximum atomic E-state index is 6.23. The van der Waals surface area contributed by atoms with E-state index in [9.17, 15) is 0 Å². The second kappa shape index (κ2) is 6.33. The molecule has 28 heavy (non-hydrogen) atoms. The molecule has 3 fully saturated rings. The van der Waals surface area contributed by atoms with E-state index in [-0.39, 0.29) is 24.4 Å². The van der Waals surface area contributed by atoms with Crippen LogP contribution in [-0.2, 0) is 30.2 Å². The molecule has 5 atom stereocenters. The molecule has 150 valence electrons.